The molecule has 4 nitrogen and oxygen atoms in total. The van der Waals surface area contributed by atoms with E-state index in [0.29, 0.717) is 6.42 Å². The third kappa shape index (κ3) is 8.68. The Hall–Kier alpha value is -0.610. The molecule has 0 aliphatic rings. The van der Waals surface area contributed by atoms with Crippen LogP contribution in [-0.4, -0.2) is 18.3 Å². The molecule has 1 unspecified atom stereocenters. The number of hydrogen-bond donors (Lipinski definition) is 1. The van der Waals surface area contributed by atoms with Gasteiger partial charge in [0.2, 0.25) is 0 Å². The van der Waals surface area contributed by atoms with Crippen molar-refractivity contribution in [1.29, 1.82) is 0 Å². The Labute approximate surface area is 103 Å². The van der Waals surface area contributed by atoms with Gasteiger partial charge in [0.05, 0.1) is 6.54 Å². The molecule has 0 amide bonds. The predicted octanol–water partition coefficient (Wildman–Crippen LogP) is 0.663. The quantitative estimate of drug-likeness (QED) is 0.610. The number of aliphatic carboxylic acids is 1. The van der Waals surface area contributed by atoms with Crippen LogP contribution in [0.2, 0.25) is 0 Å². The zero-order valence-electron chi connectivity index (χ0n) is 9.74. The predicted molar refractivity (Wildman–Crippen MR) is 63.2 cm³/mol. The molecule has 5 heteroatoms. The fourth-order valence-electron chi connectivity index (χ4n) is 1.56. The lowest BCUT2D eigenvalue weighted by Crippen LogP contribution is -2.31. The molecular formula is C11H21ClNO3-. The SMILES string of the molecule is CCCCCCC(CC(=O)[O-])C(=O)CN.Cl. The van der Waals surface area contributed by atoms with E-state index in [1.807, 2.05) is 0 Å². The van der Waals surface area contributed by atoms with E-state index >= 15 is 0 Å². The van der Waals surface area contributed by atoms with Gasteiger partial charge in [-0.1, -0.05) is 32.6 Å². The maximum Gasteiger partial charge on any atom is 0.149 e. The van der Waals surface area contributed by atoms with E-state index in [1.54, 1.807) is 0 Å². The Bertz CT molecular complexity index is 209. The molecule has 0 saturated carbocycles. The first kappa shape index (κ1) is 17.8. The average molecular weight is 251 g/mol. The van der Waals surface area contributed by atoms with Crippen LogP contribution < -0.4 is 10.8 Å². The van der Waals surface area contributed by atoms with Crippen LogP contribution in [0.4, 0.5) is 0 Å². The Morgan fingerprint density at radius 3 is 2.31 bits per heavy atom. The van der Waals surface area contributed by atoms with Crippen LogP contribution >= 0.6 is 12.4 Å². The summed E-state index contributed by atoms with van der Waals surface area (Å²) in [5, 5.41) is 10.4. The summed E-state index contributed by atoms with van der Waals surface area (Å²) < 4.78 is 0. The van der Waals surface area contributed by atoms with E-state index in [0.717, 1.165) is 25.7 Å². The summed E-state index contributed by atoms with van der Waals surface area (Å²) in [5.74, 6) is -1.79. The van der Waals surface area contributed by atoms with Gasteiger partial charge in [-0.3, -0.25) is 4.79 Å². The maximum absolute atomic E-state index is 11.3. The summed E-state index contributed by atoms with van der Waals surface area (Å²) in [6.07, 6.45) is 4.59. The molecule has 0 heterocycles. The number of nitrogens with two attached hydrogens (primary N) is 1. The number of carboxylic acid groups (broad SMARTS) is 1. The Kier molecular flexibility index (Phi) is 12.1. The Balaban J connectivity index is 0. The first-order valence-corrected chi connectivity index (χ1v) is 5.54. The first-order valence-electron chi connectivity index (χ1n) is 5.54. The minimum atomic E-state index is -1.17. The lowest BCUT2D eigenvalue weighted by molar-refractivity contribution is -0.306. The van der Waals surface area contributed by atoms with Gasteiger partial charge in [-0.25, -0.2) is 0 Å². The zero-order chi connectivity index (χ0) is 11.7. The topological polar surface area (TPSA) is 83.2 Å². The van der Waals surface area contributed by atoms with Gasteiger partial charge in [0.1, 0.15) is 5.78 Å². The average Bonchev–Trinajstić information content (AvgIpc) is 2.21. The van der Waals surface area contributed by atoms with Crippen molar-refractivity contribution in [2.75, 3.05) is 6.54 Å². The van der Waals surface area contributed by atoms with Gasteiger partial charge < -0.3 is 15.6 Å². The van der Waals surface area contributed by atoms with Crippen molar-refractivity contribution in [3.05, 3.63) is 0 Å². The van der Waals surface area contributed by atoms with E-state index in [-0.39, 0.29) is 31.2 Å². The number of carboxylic acids is 1. The molecule has 0 rings (SSSR count). The fourth-order valence-corrected chi connectivity index (χ4v) is 1.56. The lowest BCUT2D eigenvalue weighted by Gasteiger charge is -2.15. The van der Waals surface area contributed by atoms with Crippen LogP contribution in [0, 0.1) is 5.92 Å². The van der Waals surface area contributed by atoms with Crippen LogP contribution in [0.25, 0.3) is 0 Å². The smallest absolute Gasteiger partial charge is 0.149 e. The molecule has 16 heavy (non-hydrogen) atoms. The number of carbonyl (C=O) groups is 2. The second kappa shape index (κ2) is 10.9. The highest BCUT2D eigenvalue weighted by Crippen LogP contribution is 2.14. The summed E-state index contributed by atoms with van der Waals surface area (Å²) in [6, 6.07) is 0. The molecule has 0 aromatic heterocycles. The van der Waals surface area contributed by atoms with Crippen molar-refractivity contribution >= 4 is 24.2 Å². The maximum atomic E-state index is 11.3. The number of ketones is 1. The normalized spacial score (nSPS) is 11.6. The number of halogens is 1. The summed E-state index contributed by atoms with van der Waals surface area (Å²) in [6.45, 7) is 2.02. The molecule has 0 aromatic carbocycles. The van der Waals surface area contributed by atoms with Gasteiger partial charge >= 0.3 is 0 Å². The van der Waals surface area contributed by atoms with E-state index < -0.39 is 11.9 Å². The minimum absolute atomic E-state index is 0. The summed E-state index contributed by atoms with van der Waals surface area (Å²) in [5.41, 5.74) is 5.22. The molecule has 0 aliphatic carbocycles. The van der Waals surface area contributed by atoms with Crippen LogP contribution in [-0.2, 0) is 9.59 Å². The molecule has 0 saturated heterocycles. The molecule has 0 aliphatic heterocycles. The van der Waals surface area contributed by atoms with E-state index in [1.165, 1.54) is 0 Å². The van der Waals surface area contributed by atoms with E-state index in [2.05, 4.69) is 6.92 Å². The highest BCUT2D eigenvalue weighted by atomic mass is 35.5. The van der Waals surface area contributed by atoms with Crippen LogP contribution in [0.3, 0.4) is 0 Å². The van der Waals surface area contributed by atoms with Crippen molar-refractivity contribution in [2.45, 2.75) is 45.4 Å². The number of Topliss-reactive ketones (excluding diaryl/α,β-unsaturated/α-hetero) is 1. The van der Waals surface area contributed by atoms with Crippen molar-refractivity contribution < 1.29 is 14.7 Å². The second-order valence-corrected chi connectivity index (χ2v) is 3.79. The fraction of sp³-hybridized carbons (Fsp3) is 0.818. The monoisotopic (exact) mass is 250 g/mol. The van der Waals surface area contributed by atoms with Gasteiger partial charge in [-0.15, -0.1) is 12.4 Å². The molecule has 2 N–H and O–H groups in total. The standard InChI is InChI=1S/C11H21NO3.ClH/c1-2-3-4-5-6-9(7-11(14)15)10(13)8-12;/h9H,2-8,12H2,1H3,(H,14,15);1H/p-1. The van der Waals surface area contributed by atoms with Gasteiger partial charge in [-0.05, 0) is 12.8 Å². The number of rotatable bonds is 9. The van der Waals surface area contributed by atoms with Crippen molar-refractivity contribution in [1.82, 2.24) is 0 Å². The van der Waals surface area contributed by atoms with Crippen molar-refractivity contribution in [3.63, 3.8) is 0 Å². The lowest BCUT2D eigenvalue weighted by atomic mass is 9.93. The third-order valence-electron chi connectivity index (χ3n) is 2.48. The van der Waals surface area contributed by atoms with Gasteiger partial charge in [0.25, 0.3) is 0 Å². The van der Waals surface area contributed by atoms with Crippen LogP contribution in [0.5, 0.6) is 0 Å². The zero-order valence-corrected chi connectivity index (χ0v) is 10.6. The van der Waals surface area contributed by atoms with Gasteiger partial charge in [0, 0.05) is 11.9 Å². The molecule has 0 radical (unpaired) electrons. The molecule has 0 spiro atoms. The molecule has 0 fully saturated rings. The van der Waals surface area contributed by atoms with Crippen LogP contribution in [0.15, 0.2) is 0 Å². The number of hydrogen-bond acceptors (Lipinski definition) is 4. The summed E-state index contributed by atoms with van der Waals surface area (Å²) >= 11 is 0. The largest absolute Gasteiger partial charge is 0.550 e. The number of unbranched alkanes of at least 4 members (excludes halogenated alkanes) is 3. The van der Waals surface area contributed by atoms with Gasteiger partial charge in [0.15, 0.2) is 0 Å². The Morgan fingerprint density at radius 1 is 1.25 bits per heavy atom. The molecule has 96 valence electrons. The van der Waals surface area contributed by atoms with Crippen molar-refractivity contribution in [2.24, 2.45) is 11.7 Å². The van der Waals surface area contributed by atoms with E-state index in [4.69, 9.17) is 5.73 Å². The number of carbonyl (C=O) groups excluding carboxylic acids is 2. The third-order valence-corrected chi connectivity index (χ3v) is 2.48. The van der Waals surface area contributed by atoms with Crippen LogP contribution in [0.1, 0.15) is 45.4 Å². The molecular weight excluding hydrogens is 230 g/mol. The minimum Gasteiger partial charge on any atom is -0.550 e. The first-order chi connectivity index (χ1) is 7.11. The van der Waals surface area contributed by atoms with Gasteiger partial charge in [-0.2, -0.15) is 0 Å². The molecule has 0 aromatic rings. The van der Waals surface area contributed by atoms with Crippen molar-refractivity contribution in [3.8, 4) is 0 Å². The van der Waals surface area contributed by atoms with E-state index in [9.17, 15) is 14.7 Å². The highest BCUT2D eigenvalue weighted by molar-refractivity contribution is 5.86. The second-order valence-electron chi connectivity index (χ2n) is 3.79. The Morgan fingerprint density at radius 2 is 1.88 bits per heavy atom. The highest BCUT2D eigenvalue weighted by Gasteiger charge is 2.16. The summed E-state index contributed by atoms with van der Waals surface area (Å²) in [4.78, 5) is 21.7. The molecule has 1 atom stereocenters. The summed E-state index contributed by atoms with van der Waals surface area (Å²) in [7, 11) is 0. The molecule has 0 bridgehead atoms.